The second-order valence-electron chi connectivity index (χ2n) is 7.73. The van der Waals surface area contributed by atoms with Gasteiger partial charge in [0.1, 0.15) is 11.6 Å². The van der Waals surface area contributed by atoms with Crippen LogP contribution >= 0.6 is 0 Å². The first-order valence-corrected chi connectivity index (χ1v) is 10.8. The fourth-order valence-electron chi connectivity index (χ4n) is 3.85. The molecule has 4 heterocycles. The van der Waals surface area contributed by atoms with Crippen LogP contribution in [0.1, 0.15) is 11.1 Å². The first kappa shape index (κ1) is 20.9. The van der Waals surface area contributed by atoms with Crippen molar-refractivity contribution in [3.8, 4) is 17.0 Å². The van der Waals surface area contributed by atoms with Crippen LogP contribution in [-0.2, 0) is 4.74 Å². The Bertz CT molecular complexity index is 1280. The number of hydrazone groups is 1. The highest BCUT2D eigenvalue weighted by molar-refractivity contribution is 5.81. The van der Waals surface area contributed by atoms with Crippen molar-refractivity contribution in [1.29, 1.82) is 0 Å². The van der Waals surface area contributed by atoms with Crippen molar-refractivity contribution in [2.45, 2.75) is 6.92 Å². The Balaban J connectivity index is 1.47. The first-order chi connectivity index (χ1) is 16.2. The Kier molecular flexibility index (Phi) is 5.86. The molecule has 0 amide bonds. The van der Waals surface area contributed by atoms with Crippen molar-refractivity contribution in [2.24, 2.45) is 5.10 Å². The zero-order valence-corrected chi connectivity index (χ0v) is 18.6. The van der Waals surface area contributed by atoms with Gasteiger partial charge in [-0.15, -0.1) is 0 Å². The Hall–Kier alpha value is -3.98. The fourth-order valence-corrected chi connectivity index (χ4v) is 3.85. The van der Waals surface area contributed by atoms with Crippen molar-refractivity contribution >= 4 is 23.5 Å². The van der Waals surface area contributed by atoms with Crippen LogP contribution in [0.3, 0.4) is 0 Å². The summed E-state index contributed by atoms with van der Waals surface area (Å²) in [5.41, 5.74) is 7.68. The molecule has 0 unspecified atom stereocenters. The molecule has 1 N–H and O–H groups in total. The van der Waals surface area contributed by atoms with E-state index in [0.717, 1.165) is 52.7 Å². The van der Waals surface area contributed by atoms with Gasteiger partial charge in [0.2, 0.25) is 0 Å². The number of nitrogens with zero attached hydrogens (tertiary/aromatic N) is 6. The molecule has 168 valence electrons. The molecular formula is C24H25N7O2. The number of nitrogens with one attached hydrogen (secondary N) is 1. The number of hydrogen-bond donors (Lipinski definition) is 1. The maximum absolute atomic E-state index is 5.54. The summed E-state index contributed by atoms with van der Waals surface area (Å²) < 4.78 is 12.7. The van der Waals surface area contributed by atoms with Gasteiger partial charge in [-0.05, 0) is 48.4 Å². The summed E-state index contributed by atoms with van der Waals surface area (Å²) in [4.78, 5) is 11.1. The van der Waals surface area contributed by atoms with E-state index in [1.54, 1.807) is 25.7 Å². The average Bonchev–Trinajstić information content (AvgIpc) is 3.29. The van der Waals surface area contributed by atoms with Crippen LogP contribution in [0, 0.1) is 6.92 Å². The summed E-state index contributed by atoms with van der Waals surface area (Å²) in [6, 6.07) is 13.7. The van der Waals surface area contributed by atoms with Gasteiger partial charge in [-0.3, -0.25) is 10.4 Å². The highest BCUT2D eigenvalue weighted by Gasteiger charge is 2.18. The highest BCUT2D eigenvalue weighted by Crippen LogP contribution is 2.25. The van der Waals surface area contributed by atoms with Crippen molar-refractivity contribution in [3.05, 3.63) is 66.0 Å². The third-order valence-electron chi connectivity index (χ3n) is 5.53. The molecule has 1 aliphatic rings. The minimum Gasteiger partial charge on any atom is -0.496 e. The molecular weight excluding hydrogens is 418 g/mol. The standard InChI is InChI=1S/C24H25N7O2/c1-17-13-18(3-4-21(17)32-2)16-26-28-22-15-24(30-9-11-33-12-10-30)31-23(27-22)14-20(29-31)19-5-7-25-8-6-19/h3-8,13-16H,9-12H2,1-2H3,(H,27,28)/b26-16+. The number of aromatic nitrogens is 4. The topological polar surface area (TPSA) is 89.2 Å². The Morgan fingerprint density at radius 3 is 2.67 bits per heavy atom. The van der Waals surface area contributed by atoms with E-state index in [0.29, 0.717) is 19.0 Å². The summed E-state index contributed by atoms with van der Waals surface area (Å²) in [5.74, 6) is 2.45. The Morgan fingerprint density at radius 1 is 1.09 bits per heavy atom. The van der Waals surface area contributed by atoms with Gasteiger partial charge in [-0.25, -0.2) is 4.98 Å². The van der Waals surface area contributed by atoms with Gasteiger partial charge in [0.15, 0.2) is 11.5 Å². The molecule has 0 radical (unpaired) electrons. The van der Waals surface area contributed by atoms with E-state index in [2.05, 4.69) is 20.4 Å². The zero-order chi connectivity index (χ0) is 22.6. The smallest absolute Gasteiger partial charge is 0.160 e. The summed E-state index contributed by atoms with van der Waals surface area (Å²) >= 11 is 0. The highest BCUT2D eigenvalue weighted by atomic mass is 16.5. The maximum atomic E-state index is 5.54. The molecule has 9 nitrogen and oxygen atoms in total. The van der Waals surface area contributed by atoms with Gasteiger partial charge in [0, 0.05) is 43.2 Å². The van der Waals surface area contributed by atoms with Crippen LogP contribution in [0.4, 0.5) is 11.6 Å². The lowest BCUT2D eigenvalue weighted by Crippen LogP contribution is -2.37. The van der Waals surface area contributed by atoms with Crippen molar-refractivity contribution in [3.63, 3.8) is 0 Å². The van der Waals surface area contributed by atoms with Gasteiger partial charge >= 0.3 is 0 Å². The predicted molar refractivity (Wildman–Crippen MR) is 128 cm³/mol. The third-order valence-corrected chi connectivity index (χ3v) is 5.53. The molecule has 0 spiro atoms. The van der Waals surface area contributed by atoms with Gasteiger partial charge in [0.05, 0.1) is 32.2 Å². The van der Waals surface area contributed by atoms with E-state index in [1.165, 1.54) is 0 Å². The van der Waals surface area contributed by atoms with Crippen LogP contribution in [0.2, 0.25) is 0 Å². The van der Waals surface area contributed by atoms with Crippen LogP contribution in [0.5, 0.6) is 5.75 Å². The zero-order valence-electron chi connectivity index (χ0n) is 18.6. The molecule has 1 aromatic carbocycles. The number of benzene rings is 1. The SMILES string of the molecule is COc1ccc(/C=N/Nc2cc(N3CCOCC3)n3nc(-c4ccncc4)cc3n2)cc1C. The summed E-state index contributed by atoms with van der Waals surface area (Å²) in [6.45, 7) is 4.95. The van der Waals surface area contributed by atoms with Gasteiger partial charge in [-0.2, -0.15) is 14.7 Å². The third kappa shape index (κ3) is 4.49. The number of morpholine rings is 1. The van der Waals surface area contributed by atoms with E-state index in [1.807, 2.05) is 53.9 Å². The summed E-state index contributed by atoms with van der Waals surface area (Å²) in [7, 11) is 1.67. The van der Waals surface area contributed by atoms with Crippen molar-refractivity contribution in [2.75, 3.05) is 43.7 Å². The van der Waals surface area contributed by atoms with Gasteiger partial charge in [0.25, 0.3) is 0 Å². The van der Waals surface area contributed by atoms with Crippen LogP contribution in [0.25, 0.3) is 16.9 Å². The van der Waals surface area contributed by atoms with E-state index in [-0.39, 0.29) is 0 Å². The molecule has 1 aliphatic heterocycles. The molecule has 0 saturated carbocycles. The molecule has 0 bridgehead atoms. The van der Waals surface area contributed by atoms with Crippen LogP contribution < -0.4 is 15.1 Å². The molecule has 3 aromatic heterocycles. The number of aryl methyl sites for hydroxylation is 1. The summed E-state index contributed by atoms with van der Waals surface area (Å²) in [5, 5.41) is 9.23. The number of ether oxygens (including phenoxy) is 2. The molecule has 1 fully saturated rings. The maximum Gasteiger partial charge on any atom is 0.160 e. The monoisotopic (exact) mass is 443 g/mol. The molecule has 0 aliphatic carbocycles. The lowest BCUT2D eigenvalue weighted by molar-refractivity contribution is 0.122. The predicted octanol–water partition coefficient (Wildman–Crippen LogP) is 3.39. The Labute approximate surface area is 191 Å². The summed E-state index contributed by atoms with van der Waals surface area (Å²) in [6.07, 6.45) is 5.29. The fraction of sp³-hybridized carbons (Fsp3) is 0.250. The van der Waals surface area contributed by atoms with E-state index < -0.39 is 0 Å². The van der Waals surface area contributed by atoms with Crippen molar-refractivity contribution < 1.29 is 9.47 Å². The van der Waals surface area contributed by atoms with Gasteiger partial charge in [-0.1, -0.05) is 0 Å². The van der Waals surface area contributed by atoms with E-state index in [9.17, 15) is 0 Å². The van der Waals surface area contributed by atoms with Crippen LogP contribution in [0.15, 0.2) is 60.0 Å². The minimum atomic E-state index is 0.645. The van der Waals surface area contributed by atoms with Gasteiger partial charge < -0.3 is 14.4 Å². The van der Waals surface area contributed by atoms with E-state index in [4.69, 9.17) is 19.6 Å². The lowest BCUT2D eigenvalue weighted by Gasteiger charge is -2.29. The largest absolute Gasteiger partial charge is 0.496 e. The molecule has 33 heavy (non-hydrogen) atoms. The second kappa shape index (κ2) is 9.25. The molecule has 4 aromatic rings. The van der Waals surface area contributed by atoms with Crippen LogP contribution in [-0.4, -0.2) is 59.2 Å². The number of hydrogen-bond acceptors (Lipinski definition) is 8. The number of anilines is 2. The minimum absolute atomic E-state index is 0.645. The van der Waals surface area contributed by atoms with E-state index >= 15 is 0 Å². The lowest BCUT2D eigenvalue weighted by atomic mass is 10.1. The number of pyridine rings is 1. The first-order valence-electron chi connectivity index (χ1n) is 10.8. The second-order valence-corrected chi connectivity index (χ2v) is 7.73. The molecule has 9 heteroatoms. The normalized spacial score (nSPS) is 14.2. The molecule has 1 saturated heterocycles. The average molecular weight is 444 g/mol. The number of methoxy groups -OCH3 is 1. The molecule has 0 atom stereocenters. The quantitative estimate of drug-likeness (QED) is 0.361. The van der Waals surface area contributed by atoms with Crippen molar-refractivity contribution in [1.82, 2.24) is 19.6 Å². The Morgan fingerprint density at radius 2 is 1.91 bits per heavy atom. The molecule has 5 rings (SSSR count). The number of fused-ring (bicyclic) bond motifs is 1. The number of rotatable bonds is 6.